The van der Waals surface area contributed by atoms with Gasteiger partial charge in [-0.05, 0) is 44.2 Å². The molecule has 0 spiro atoms. The number of ether oxygens (including phenoxy) is 1. The van der Waals surface area contributed by atoms with Crippen molar-refractivity contribution in [2.45, 2.75) is 33.1 Å². The first kappa shape index (κ1) is 11.0. The molecule has 1 aliphatic heterocycles. The molecule has 78 valence electrons. The molecule has 1 aliphatic rings. The lowest BCUT2D eigenvalue weighted by atomic mass is 9.81. The highest BCUT2D eigenvalue weighted by molar-refractivity contribution is 4.76. The minimum atomic E-state index is 0.417. The van der Waals surface area contributed by atoms with Crippen LogP contribution >= 0.6 is 0 Å². The SMILES string of the molecule is CNCC(C)(C)CC1CCCOC1. The van der Waals surface area contributed by atoms with Crippen molar-refractivity contribution in [3.8, 4) is 0 Å². The summed E-state index contributed by atoms with van der Waals surface area (Å²) in [6.07, 6.45) is 3.89. The summed E-state index contributed by atoms with van der Waals surface area (Å²) in [5, 5.41) is 3.26. The first-order valence-corrected chi connectivity index (χ1v) is 5.36. The van der Waals surface area contributed by atoms with Crippen LogP contribution in [-0.4, -0.2) is 26.8 Å². The summed E-state index contributed by atoms with van der Waals surface area (Å²) in [6, 6.07) is 0. The van der Waals surface area contributed by atoms with Crippen LogP contribution in [0.15, 0.2) is 0 Å². The molecular formula is C11H23NO. The lowest BCUT2D eigenvalue weighted by Gasteiger charge is -2.31. The van der Waals surface area contributed by atoms with Crippen molar-refractivity contribution in [2.75, 3.05) is 26.8 Å². The molecule has 1 unspecified atom stereocenters. The van der Waals surface area contributed by atoms with Gasteiger partial charge in [0.25, 0.3) is 0 Å². The summed E-state index contributed by atoms with van der Waals surface area (Å²) in [5.41, 5.74) is 0.417. The second-order valence-electron chi connectivity index (χ2n) is 4.98. The van der Waals surface area contributed by atoms with Gasteiger partial charge in [0.05, 0.1) is 0 Å². The van der Waals surface area contributed by atoms with Gasteiger partial charge in [-0.2, -0.15) is 0 Å². The molecule has 1 heterocycles. The average Bonchev–Trinajstić information content (AvgIpc) is 2.04. The fraction of sp³-hybridized carbons (Fsp3) is 1.00. The van der Waals surface area contributed by atoms with Gasteiger partial charge in [-0.1, -0.05) is 13.8 Å². The summed E-state index contributed by atoms with van der Waals surface area (Å²) >= 11 is 0. The first-order valence-electron chi connectivity index (χ1n) is 5.36. The summed E-state index contributed by atoms with van der Waals surface area (Å²) < 4.78 is 5.49. The predicted molar refractivity (Wildman–Crippen MR) is 55.9 cm³/mol. The van der Waals surface area contributed by atoms with E-state index in [4.69, 9.17) is 4.74 Å². The fourth-order valence-corrected chi connectivity index (χ4v) is 2.30. The number of rotatable bonds is 4. The molecular weight excluding hydrogens is 162 g/mol. The second-order valence-corrected chi connectivity index (χ2v) is 4.98. The van der Waals surface area contributed by atoms with Gasteiger partial charge >= 0.3 is 0 Å². The maximum absolute atomic E-state index is 5.49. The van der Waals surface area contributed by atoms with Gasteiger partial charge in [-0.3, -0.25) is 0 Å². The number of nitrogens with one attached hydrogen (secondary N) is 1. The van der Waals surface area contributed by atoms with Crippen molar-refractivity contribution in [3.63, 3.8) is 0 Å². The average molecular weight is 185 g/mol. The molecule has 0 amide bonds. The topological polar surface area (TPSA) is 21.3 Å². The minimum Gasteiger partial charge on any atom is -0.381 e. The van der Waals surface area contributed by atoms with E-state index in [1.165, 1.54) is 19.3 Å². The van der Waals surface area contributed by atoms with Gasteiger partial charge in [0.2, 0.25) is 0 Å². The lowest BCUT2D eigenvalue weighted by Crippen LogP contribution is -2.31. The van der Waals surface area contributed by atoms with Crippen molar-refractivity contribution in [1.29, 1.82) is 0 Å². The van der Waals surface area contributed by atoms with Crippen molar-refractivity contribution < 1.29 is 4.74 Å². The van der Waals surface area contributed by atoms with Crippen LogP contribution in [-0.2, 0) is 4.74 Å². The Bertz CT molecular complexity index is 139. The van der Waals surface area contributed by atoms with E-state index in [2.05, 4.69) is 19.2 Å². The molecule has 0 aromatic heterocycles. The molecule has 2 nitrogen and oxygen atoms in total. The summed E-state index contributed by atoms with van der Waals surface area (Å²) in [7, 11) is 2.03. The third-order valence-electron chi connectivity index (χ3n) is 2.75. The zero-order valence-corrected chi connectivity index (χ0v) is 9.23. The maximum Gasteiger partial charge on any atom is 0.0494 e. The minimum absolute atomic E-state index is 0.417. The van der Waals surface area contributed by atoms with Crippen LogP contribution in [0.1, 0.15) is 33.1 Å². The highest BCUT2D eigenvalue weighted by Gasteiger charge is 2.24. The van der Waals surface area contributed by atoms with Gasteiger partial charge in [0.15, 0.2) is 0 Å². The van der Waals surface area contributed by atoms with Crippen molar-refractivity contribution >= 4 is 0 Å². The number of hydrogen-bond acceptors (Lipinski definition) is 2. The van der Waals surface area contributed by atoms with E-state index in [1.54, 1.807) is 0 Å². The van der Waals surface area contributed by atoms with Crippen LogP contribution in [0.25, 0.3) is 0 Å². The molecule has 0 saturated carbocycles. The molecule has 1 N–H and O–H groups in total. The molecule has 1 rings (SSSR count). The largest absolute Gasteiger partial charge is 0.381 e. The fourth-order valence-electron chi connectivity index (χ4n) is 2.30. The van der Waals surface area contributed by atoms with E-state index in [-0.39, 0.29) is 0 Å². The highest BCUT2D eigenvalue weighted by Crippen LogP contribution is 2.29. The van der Waals surface area contributed by atoms with Gasteiger partial charge in [-0.25, -0.2) is 0 Å². The molecule has 0 radical (unpaired) electrons. The van der Waals surface area contributed by atoms with Crippen molar-refractivity contribution in [1.82, 2.24) is 5.32 Å². The Balaban J connectivity index is 2.28. The smallest absolute Gasteiger partial charge is 0.0494 e. The number of hydrogen-bond donors (Lipinski definition) is 1. The van der Waals surface area contributed by atoms with E-state index in [0.29, 0.717) is 5.41 Å². The van der Waals surface area contributed by atoms with Gasteiger partial charge < -0.3 is 10.1 Å². The molecule has 2 heteroatoms. The quantitative estimate of drug-likeness (QED) is 0.724. The molecule has 1 atom stereocenters. The lowest BCUT2D eigenvalue weighted by molar-refractivity contribution is 0.0367. The first-order chi connectivity index (χ1) is 6.14. The van der Waals surface area contributed by atoms with Crippen molar-refractivity contribution in [2.24, 2.45) is 11.3 Å². The zero-order valence-electron chi connectivity index (χ0n) is 9.23. The summed E-state index contributed by atoms with van der Waals surface area (Å²) in [6.45, 7) is 7.72. The Hall–Kier alpha value is -0.0800. The van der Waals surface area contributed by atoms with Gasteiger partial charge in [0.1, 0.15) is 0 Å². The Morgan fingerprint density at radius 3 is 2.77 bits per heavy atom. The maximum atomic E-state index is 5.49. The molecule has 0 bridgehead atoms. The molecule has 0 aromatic carbocycles. The predicted octanol–water partition coefficient (Wildman–Crippen LogP) is 2.05. The van der Waals surface area contributed by atoms with Gasteiger partial charge in [-0.15, -0.1) is 0 Å². The monoisotopic (exact) mass is 185 g/mol. The van der Waals surface area contributed by atoms with Gasteiger partial charge in [0, 0.05) is 13.2 Å². The van der Waals surface area contributed by atoms with E-state index >= 15 is 0 Å². The van der Waals surface area contributed by atoms with E-state index in [0.717, 1.165) is 25.7 Å². The summed E-state index contributed by atoms with van der Waals surface area (Å²) in [5.74, 6) is 0.789. The Kier molecular flexibility index (Phi) is 4.20. The highest BCUT2D eigenvalue weighted by atomic mass is 16.5. The van der Waals surface area contributed by atoms with Crippen LogP contribution in [0, 0.1) is 11.3 Å². The Morgan fingerprint density at radius 2 is 2.23 bits per heavy atom. The third-order valence-corrected chi connectivity index (χ3v) is 2.75. The van der Waals surface area contributed by atoms with Crippen LogP contribution in [0.4, 0.5) is 0 Å². The normalized spacial score (nSPS) is 24.7. The molecule has 1 saturated heterocycles. The standard InChI is InChI=1S/C11H23NO/c1-11(2,9-12-3)7-10-5-4-6-13-8-10/h10,12H,4-9H2,1-3H3. The Morgan fingerprint density at radius 1 is 1.46 bits per heavy atom. The van der Waals surface area contributed by atoms with Crippen LogP contribution in [0.3, 0.4) is 0 Å². The van der Waals surface area contributed by atoms with E-state index in [1.807, 2.05) is 7.05 Å². The van der Waals surface area contributed by atoms with Crippen molar-refractivity contribution in [3.05, 3.63) is 0 Å². The Labute approximate surface area is 82.0 Å². The molecule has 0 aromatic rings. The van der Waals surface area contributed by atoms with Crippen LogP contribution in [0.2, 0.25) is 0 Å². The van der Waals surface area contributed by atoms with E-state index < -0.39 is 0 Å². The second kappa shape index (κ2) is 4.97. The van der Waals surface area contributed by atoms with E-state index in [9.17, 15) is 0 Å². The summed E-state index contributed by atoms with van der Waals surface area (Å²) in [4.78, 5) is 0. The molecule has 13 heavy (non-hydrogen) atoms. The van der Waals surface area contributed by atoms with Crippen LogP contribution in [0.5, 0.6) is 0 Å². The zero-order chi connectivity index (χ0) is 9.73. The molecule has 1 fully saturated rings. The molecule has 0 aliphatic carbocycles. The van der Waals surface area contributed by atoms with Crippen LogP contribution < -0.4 is 5.32 Å². The third kappa shape index (κ3) is 4.10.